The van der Waals surface area contributed by atoms with Gasteiger partial charge in [-0.2, -0.15) is 0 Å². The number of benzene rings is 1. The molecule has 0 saturated heterocycles. The Morgan fingerprint density at radius 3 is 2.31 bits per heavy atom. The number of hydrogen-bond acceptors (Lipinski definition) is 2. The second kappa shape index (κ2) is 5.35. The van der Waals surface area contributed by atoms with E-state index >= 15 is 0 Å². The van der Waals surface area contributed by atoms with Gasteiger partial charge in [0, 0.05) is 5.56 Å². The monoisotopic (exact) mass is 238 g/mol. The lowest BCUT2D eigenvalue weighted by molar-refractivity contribution is 0.108. The van der Waals surface area contributed by atoms with E-state index in [9.17, 15) is 4.79 Å². The zero-order chi connectivity index (χ0) is 11.4. The fraction of sp³-hybridized carbons (Fsp3) is 0.462. The van der Waals surface area contributed by atoms with Crippen molar-refractivity contribution >= 4 is 16.8 Å². The van der Waals surface area contributed by atoms with E-state index in [0.29, 0.717) is 11.7 Å². The summed E-state index contributed by atoms with van der Waals surface area (Å²) in [5, 5.41) is -0.427. The van der Waals surface area contributed by atoms with Crippen LogP contribution in [0.5, 0.6) is 5.75 Å². The standard InChI is InChI=1S/C13H15ClO2/c14-13(15)10-6-8-12(9-7-10)16-11-4-2-1-3-5-11/h6-9,11H,1-5H2. The van der Waals surface area contributed by atoms with Crippen molar-refractivity contribution < 1.29 is 9.53 Å². The average molecular weight is 239 g/mol. The summed E-state index contributed by atoms with van der Waals surface area (Å²) in [5.74, 6) is 0.827. The molecule has 1 fully saturated rings. The average Bonchev–Trinajstić information content (AvgIpc) is 2.31. The molecule has 16 heavy (non-hydrogen) atoms. The van der Waals surface area contributed by atoms with E-state index in [0.717, 1.165) is 18.6 Å². The summed E-state index contributed by atoms with van der Waals surface area (Å²) in [5.41, 5.74) is 0.512. The van der Waals surface area contributed by atoms with E-state index in [-0.39, 0.29) is 0 Å². The highest BCUT2D eigenvalue weighted by atomic mass is 35.5. The van der Waals surface area contributed by atoms with Crippen molar-refractivity contribution in [2.75, 3.05) is 0 Å². The Morgan fingerprint density at radius 2 is 1.75 bits per heavy atom. The second-order valence-electron chi connectivity index (χ2n) is 4.18. The van der Waals surface area contributed by atoms with Crippen LogP contribution in [-0.2, 0) is 0 Å². The van der Waals surface area contributed by atoms with Gasteiger partial charge >= 0.3 is 0 Å². The van der Waals surface area contributed by atoms with Gasteiger partial charge < -0.3 is 4.74 Å². The molecule has 1 aromatic rings. The van der Waals surface area contributed by atoms with Gasteiger partial charge in [0.15, 0.2) is 0 Å². The third kappa shape index (κ3) is 2.99. The summed E-state index contributed by atoms with van der Waals surface area (Å²) in [7, 11) is 0. The second-order valence-corrected chi connectivity index (χ2v) is 4.52. The van der Waals surface area contributed by atoms with Gasteiger partial charge in [-0.15, -0.1) is 0 Å². The Morgan fingerprint density at radius 1 is 1.12 bits per heavy atom. The van der Waals surface area contributed by atoms with Gasteiger partial charge in [0.2, 0.25) is 0 Å². The first-order chi connectivity index (χ1) is 7.75. The summed E-state index contributed by atoms with van der Waals surface area (Å²) in [6, 6.07) is 7.02. The topological polar surface area (TPSA) is 26.3 Å². The largest absolute Gasteiger partial charge is 0.490 e. The Hall–Kier alpha value is -1.02. The molecule has 1 aliphatic carbocycles. The van der Waals surface area contributed by atoms with Crippen molar-refractivity contribution in [1.82, 2.24) is 0 Å². The molecule has 0 spiro atoms. The van der Waals surface area contributed by atoms with Crippen molar-refractivity contribution in [3.05, 3.63) is 29.8 Å². The van der Waals surface area contributed by atoms with Crippen LogP contribution >= 0.6 is 11.6 Å². The molecule has 0 heterocycles. The van der Waals surface area contributed by atoms with Gasteiger partial charge in [-0.1, -0.05) is 6.42 Å². The number of halogens is 1. The molecule has 0 bridgehead atoms. The van der Waals surface area contributed by atoms with Gasteiger partial charge in [-0.05, 0) is 61.5 Å². The molecule has 0 N–H and O–H groups in total. The molecule has 0 unspecified atom stereocenters. The first kappa shape index (κ1) is 11.5. The molecular formula is C13H15ClO2. The fourth-order valence-corrected chi connectivity index (χ4v) is 2.17. The molecule has 3 heteroatoms. The lowest BCUT2D eigenvalue weighted by Crippen LogP contribution is -2.19. The van der Waals surface area contributed by atoms with Gasteiger partial charge in [-0.25, -0.2) is 0 Å². The van der Waals surface area contributed by atoms with Gasteiger partial charge in [0.1, 0.15) is 5.75 Å². The third-order valence-corrected chi connectivity index (χ3v) is 3.15. The number of carbonyl (C=O) groups is 1. The number of carbonyl (C=O) groups excluding carboxylic acids is 1. The van der Waals surface area contributed by atoms with E-state index in [4.69, 9.17) is 16.3 Å². The van der Waals surface area contributed by atoms with E-state index < -0.39 is 5.24 Å². The van der Waals surface area contributed by atoms with E-state index in [1.54, 1.807) is 12.1 Å². The molecule has 1 aromatic carbocycles. The zero-order valence-electron chi connectivity index (χ0n) is 9.12. The fourth-order valence-electron chi connectivity index (χ4n) is 2.04. The Kier molecular flexibility index (Phi) is 3.83. The van der Waals surface area contributed by atoms with Crippen LogP contribution in [0.2, 0.25) is 0 Å². The molecule has 1 saturated carbocycles. The number of ether oxygens (including phenoxy) is 1. The van der Waals surface area contributed by atoms with Crippen molar-refractivity contribution in [2.45, 2.75) is 38.2 Å². The lowest BCUT2D eigenvalue weighted by Gasteiger charge is -2.22. The molecule has 2 nitrogen and oxygen atoms in total. The normalized spacial score (nSPS) is 17.1. The molecule has 1 aliphatic rings. The molecule has 0 aromatic heterocycles. The highest BCUT2D eigenvalue weighted by Gasteiger charge is 2.14. The van der Waals surface area contributed by atoms with Crippen molar-refractivity contribution in [2.24, 2.45) is 0 Å². The summed E-state index contributed by atoms with van der Waals surface area (Å²) in [6.07, 6.45) is 6.43. The van der Waals surface area contributed by atoms with Crippen LogP contribution in [-0.4, -0.2) is 11.3 Å². The van der Waals surface area contributed by atoms with Crippen LogP contribution in [0.25, 0.3) is 0 Å². The maximum atomic E-state index is 10.9. The van der Waals surface area contributed by atoms with Crippen LogP contribution in [0.15, 0.2) is 24.3 Å². The number of rotatable bonds is 3. The zero-order valence-corrected chi connectivity index (χ0v) is 9.87. The van der Waals surface area contributed by atoms with Gasteiger partial charge in [0.05, 0.1) is 6.10 Å². The minimum absolute atomic E-state index is 0.339. The smallest absolute Gasteiger partial charge is 0.252 e. The van der Waals surface area contributed by atoms with Crippen LogP contribution in [0.4, 0.5) is 0 Å². The summed E-state index contributed by atoms with van der Waals surface area (Å²) < 4.78 is 5.84. The molecule has 0 radical (unpaired) electrons. The Balaban J connectivity index is 1.96. The molecular weight excluding hydrogens is 224 g/mol. The predicted molar refractivity (Wildman–Crippen MR) is 64.1 cm³/mol. The van der Waals surface area contributed by atoms with E-state index in [1.165, 1.54) is 19.3 Å². The number of hydrogen-bond donors (Lipinski definition) is 0. The highest BCUT2D eigenvalue weighted by molar-refractivity contribution is 6.67. The Bertz CT molecular complexity index is 353. The van der Waals surface area contributed by atoms with Crippen LogP contribution in [0.3, 0.4) is 0 Å². The van der Waals surface area contributed by atoms with Gasteiger partial charge in [0.25, 0.3) is 5.24 Å². The van der Waals surface area contributed by atoms with Crippen molar-refractivity contribution in [3.63, 3.8) is 0 Å². The quantitative estimate of drug-likeness (QED) is 0.750. The predicted octanol–water partition coefficient (Wildman–Crippen LogP) is 3.78. The maximum absolute atomic E-state index is 10.9. The van der Waals surface area contributed by atoms with E-state index in [2.05, 4.69) is 0 Å². The minimum atomic E-state index is -0.427. The van der Waals surface area contributed by atoms with E-state index in [1.807, 2.05) is 12.1 Å². The SMILES string of the molecule is O=C(Cl)c1ccc(OC2CCCCC2)cc1. The molecule has 0 atom stereocenters. The molecule has 0 aliphatic heterocycles. The Labute approximate surface area is 101 Å². The summed E-state index contributed by atoms with van der Waals surface area (Å²) in [6.45, 7) is 0. The van der Waals surface area contributed by atoms with Gasteiger partial charge in [-0.3, -0.25) is 4.79 Å². The molecule has 86 valence electrons. The molecule has 0 amide bonds. The van der Waals surface area contributed by atoms with Crippen molar-refractivity contribution in [1.29, 1.82) is 0 Å². The molecule has 2 rings (SSSR count). The highest BCUT2D eigenvalue weighted by Crippen LogP contribution is 2.23. The minimum Gasteiger partial charge on any atom is -0.490 e. The van der Waals surface area contributed by atoms with Crippen molar-refractivity contribution in [3.8, 4) is 5.75 Å². The van der Waals surface area contributed by atoms with Crippen LogP contribution in [0.1, 0.15) is 42.5 Å². The third-order valence-electron chi connectivity index (χ3n) is 2.94. The lowest BCUT2D eigenvalue weighted by atomic mass is 9.98. The first-order valence-corrected chi connectivity index (χ1v) is 6.10. The maximum Gasteiger partial charge on any atom is 0.252 e. The van der Waals surface area contributed by atoms with Crippen LogP contribution < -0.4 is 4.74 Å². The van der Waals surface area contributed by atoms with Crippen LogP contribution in [0, 0.1) is 0 Å². The summed E-state index contributed by atoms with van der Waals surface area (Å²) >= 11 is 5.37. The summed E-state index contributed by atoms with van der Waals surface area (Å²) in [4.78, 5) is 10.9. The first-order valence-electron chi connectivity index (χ1n) is 5.72.